The molecule has 30 heavy (non-hydrogen) atoms. The summed E-state index contributed by atoms with van der Waals surface area (Å²) in [6, 6.07) is 16.6. The number of hydrogen-bond acceptors (Lipinski definition) is 6. The second-order valence-electron chi connectivity index (χ2n) is 6.24. The predicted molar refractivity (Wildman–Crippen MR) is 113 cm³/mol. The molecule has 1 aromatic carbocycles. The SMILES string of the molecule is NCCc1ccc(O)c(O)c1.[Ru].c1cncc(-c2cccnc2-c2cccnc2)c1. The van der Waals surface area contributed by atoms with Gasteiger partial charge in [-0.3, -0.25) is 15.0 Å². The molecule has 0 aliphatic rings. The Morgan fingerprint density at radius 3 is 2.03 bits per heavy atom. The van der Waals surface area contributed by atoms with Crippen LogP contribution in [0.1, 0.15) is 5.56 Å². The summed E-state index contributed by atoms with van der Waals surface area (Å²) in [7, 11) is 0. The van der Waals surface area contributed by atoms with E-state index in [9.17, 15) is 0 Å². The molecule has 0 fully saturated rings. The Hall–Kier alpha value is -3.15. The number of nitrogens with zero attached hydrogens (tertiary/aromatic N) is 3. The third kappa shape index (κ3) is 6.18. The van der Waals surface area contributed by atoms with Crippen molar-refractivity contribution in [3.63, 3.8) is 0 Å². The molecule has 0 spiro atoms. The molecule has 0 atom stereocenters. The van der Waals surface area contributed by atoms with Gasteiger partial charge < -0.3 is 15.9 Å². The van der Waals surface area contributed by atoms with E-state index < -0.39 is 0 Å². The Balaban J connectivity index is 0.000000232. The van der Waals surface area contributed by atoms with Gasteiger partial charge in [-0.1, -0.05) is 18.2 Å². The molecule has 0 saturated heterocycles. The Morgan fingerprint density at radius 1 is 0.767 bits per heavy atom. The molecule has 4 rings (SSSR count). The maximum Gasteiger partial charge on any atom is 0.157 e. The van der Waals surface area contributed by atoms with E-state index in [2.05, 4.69) is 15.0 Å². The number of hydrogen-bond donors (Lipinski definition) is 3. The number of benzene rings is 1. The van der Waals surface area contributed by atoms with Crippen molar-refractivity contribution in [2.75, 3.05) is 6.54 Å². The van der Waals surface area contributed by atoms with Gasteiger partial charge in [0.25, 0.3) is 0 Å². The van der Waals surface area contributed by atoms with Gasteiger partial charge in [-0.25, -0.2) is 0 Å². The Labute approximate surface area is 188 Å². The minimum absolute atomic E-state index is 0. The first-order valence-corrected chi connectivity index (χ1v) is 9.16. The van der Waals surface area contributed by atoms with E-state index >= 15 is 0 Å². The van der Waals surface area contributed by atoms with Crippen LogP contribution in [0, 0.1) is 0 Å². The van der Waals surface area contributed by atoms with E-state index in [1.54, 1.807) is 24.7 Å². The Bertz CT molecular complexity index is 989. The van der Waals surface area contributed by atoms with Crippen molar-refractivity contribution in [1.82, 2.24) is 15.0 Å². The van der Waals surface area contributed by atoms with E-state index in [4.69, 9.17) is 15.9 Å². The van der Waals surface area contributed by atoms with Crippen molar-refractivity contribution in [1.29, 1.82) is 0 Å². The summed E-state index contributed by atoms with van der Waals surface area (Å²) in [5, 5.41) is 18.0. The monoisotopic (exact) mass is 488 g/mol. The van der Waals surface area contributed by atoms with Crippen molar-refractivity contribution >= 4 is 0 Å². The first-order chi connectivity index (χ1) is 14.2. The molecule has 154 valence electrons. The van der Waals surface area contributed by atoms with E-state index in [-0.39, 0.29) is 31.0 Å². The van der Waals surface area contributed by atoms with E-state index in [1.165, 1.54) is 12.1 Å². The van der Waals surface area contributed by atoms with Gasteiger partial charge in [-0.2, -0.15) is 0 Å². The zero-order chi connectivity index (χ0) is 20.5. The van der Waals surface area contributed by atoms with Crippen molar-refractivity contribution < 1.29 is 29.7 Å². The van der Waals surface area contributed by atoms with Gasteiger partial charge >= 0.3 is 0 Å². The van der Waals surface area contributed by atoms with Crippen LogP contribution in [0.2, 0.25) is 0 Å². The van der Waals surface area contributed by atoms with Gasteiger partial charge in [-0.05, 0) is 54.9 Å². The van der Waals surface area contributed by atoms with E-state index in [0.29, 0.717) is 13.0 Å². The number of pyridine rings is 3. The van der Waals surface area contributed by atoms with Crippen molar-refractivity contribution in [3.8, 4) is 33.9 Å². The molecule has 0 radical (unpaired) electrons. The molecule has 4 aromatic rings. The second-order valence-corrected chi connectivity index (χ2v) is 6.24. The molecule has 0 amide bonds. The molecule has 7 heteroatoms. The standard InChI is InChI=1S/C15H11N3.C8H11NO2.Ru/c1-4-12(10-16-7-1)14-6-3-9-18-15(14)13-5-2-8-17-11-13;9-4-3-6-1-2-7(10)8(11)5-6;/h1-11H;1-2,5,10-11H,3-4,9H2;. The van der Waals surface area contributed by atoms with Crippen LogP contribution in [0.25, 0.3) is 22.4 Å². The average Bonchev–Trinajstić information content (AvgIpc) is 2.78. The number of rotatable bonds is 4. The Kier molecular flexibility index (Phi) is 9.07. The molecule has 0 saturated carbocycles. The number of phenols is 2. The van der Waals surface area contributed by atoms with Crippen LogP contribution >= 0.6 is 0 Å². The van der Waals surface area contributed by atoms with E-state index in [0.717, 1.165) is 27.9 Å². The van der Waals surface area contributed by atoms with Crippen LogP contribution in [0.4, 0.5) is 0 Å². The van der Waals surface area contributed by atoms with Gasteiger partial charge in [0.05, 0.1) is 5.69 Å². The van der Waals surface area contributed by atoms with Crippen LogP contribution < -0.4 is 5.73 Å². The zero-order valence-electron chi connectivity index (χ0n) is 16.2. The van der Waals surface area contributed by atoms with Gasteiger partial charge in [0.1, 0.15) is 0 Å². The first kappa shape index (κ1) is 23.1. The number of aromatic hydroxyl groups is 2. The van der Waals surface area contributed by atoms with Gasteiger partial charge in [0.2, 0.25) is 0 Å². The fourth-order valence-electron chi connectivity index (χ4n) is 2.78. The molecule has 4 N–H and O–H groups in total. The fourth-order valence-corrected chi connectivity index (χ4v) is 2.78. The molecule has 3 heterocycles. The number of aromatic nitrogens is 3. The van der Waals surface area contributed by atoms with Crippen molar-refractivity contribution in [3.05, 3.63) is 91.1 Å². The van der Waals surface area contributed by atoms with Crippen molar-refractivity contribution in [2.45, 2.75) is 6.42 Å². The van der Waals surface area contributed by atoms with Gasteiger partial charge in [0, 0.05) is 67.2 Å². The summed E-state index contributed by atoms with van der Waals surface area (Å²) in [5.41, 5.74) is 10.3. The molecular weight excluding hydrogens is 465 g/mol. The van der Waals surface area contributed by atoms with Crippen LogP contribution in [0.3, 0.4) is 0 Å². The largest absolute Gasteiger partial charge is 0.504 e. The first-order valence-electron chi connectivity index (χ1n) is 9.16. The maximum atomic E-state index is 9.04. The normalized spacial score (nSPS) is 9.77. The Morgan fingerprint density at radius 2 is 1.43 bits per heavy atom. The van der Waals surface area contributed by atoms with Gasteiger partial charge in [-0.15, -0.1) is 0 Å². The molecule has 6 nitrogen and oxygen atoms in total. The summed E-state index contributed by atoms with van der Waals surface area (Å²) in [6.07, 6.45) is 9.70. The van der Waals surface area contributed by atoms with Crippen LogP contribution in [-0.2, 0) is 25.9 Å². The molecule has 0 bridgehead atoms. The molecule has 0 aliphatic carbocycles. The maximum absolute atomic E-state index is 9.04. The zero-order valence-corrected chi connectivity index (χ0v) is 17.9. The number of phenolic OH excluding ortho intramolecular Hbond substituents is 2. The molecule has 3 aromatic heterocycles. The summed E-state index contributed by atoms with van der Waals surface area (Å²) in [6.45, 7) is 0.546. The van der Waals surface area contributed by atoms with Crippen LogP contribution in [0.5, 0.6) is 11.5 Å². The fraction of sp³-hybridized carbons (Fsp3) is 0.0870. The molecule has 0 unspecified atom stereocenters. The van der Waals surface area contributed by atoms with Crippen LogP contribution in [-0.4, -0.2) is 31.7 Å². The molecular formula is C23H22N4O2Ru. The van der Waals surface area contributed by atoms with Crippen LogP contribution in [0.15, 0.2) is 85.6 Å². The summed E-state index contributed by atoms with van der Waals surface area (Å²) >= 11 is 0. The third-order valence-electron chi connectivity index (χ3n) is 4.19. The number of nitrogens with two attached hydrogens (primary N) is 1. The average molecular weight is 488 g/mol. The summed E-state index contributed by atoms with van der Waals surface area (Å²) in [4.78, 5) is 12.8. The predicted octanol–water partition coefficient (Wildman–Crippen LogP) is 3.80. The molecule has 0 aliphatic heterocycles. The smallest absolute Gasteiger partial charge is 0.157 e. The van der Waals surface area contributed by atoms with Crippen molar-refractivity contribution in [2.24, 2.45) is 5.73 Å². The van der Waals surface area contributed by atoms with E-state index in [1.807, 2.05) is 48.8 Å². The minimum Gasteiger partial charge on any atom is -0.504 e. The summed E-state index contributed by atoms with van der Waals surface area (Å²) in [5.74, 6) is -0.179. The minimum atomic E-state index is -0.0919. The third-order valence-corrected chi connectivity index (χ3v) is 4.19. The topological polar surface area (TPSA) is 105 Å². The summed E-state index contributed by atoms with van der Waals surface area (Å²) < 4.78 is 0. The van der Waals surface area contributed by atoms with Gasteiger partial charge in [0.15, 0.2) is 11.5 Å². The second kappa shape index (κ2) is 11.8. The quantitative estimate of drug-likeness (QED) is 0.299.